The molecule has 0 saturated heterocycles. The molecule has 0 fully saturated rings. The first-order valence-electron chi connectivity index (χ1n) is 4.49. The van der Waals surface area contributed by atoms with Crippen LogP contribution in [0.1, 0.15) is 0 Å². The zero-order valence-corrected chi connectivity index (χ0v) is 9.01. The molecule has 0 aromatic heterocycles. The Labute approximate surface area is 90.2 Å². The summed E-state index contributed by atoms with van der Waals surface area (Å²) in [4.78, 5) is 3.12. The fraction of sp³-hybridized carbons (Fsp3) is 0. The van der Waals surface area contributed by atoms with Crippen molar-refractivity contribution in [2.45, 2.75) is 0 Å². The van der Waals surface area contributed by atoms with Gasteiger partial charge in [-0.05, 0) is 40.6 Å². The molecule has 1 nitrogen and oxygen atoms in total. The number of rotatable bonds is 0. The van der Waals surface area contributed by atoms with E-state index in [1.165, 1.54) is 21.9 Å². The Hall–Kier alpha value is -1.28. The van der Waals surface area contributed by atoms with E-state index in [0.717, 1.165) is 4.47 Å². The quantitative estimate of drug-likeness (QED) is 0.616. The minimum Gasteiger partial charge on any atom is -0.367 e. The number of hydrogen-bond donors (Lipinski definition) is 1. The van der Waals surface area contributed by atoms with Crippen molar-refractivity contribution in [3.05, 3.63) is 47.2 Å². The smallest absolute Gasteiger partial charge is 0.0181 e. The lowest BCUT2D eigenvalue weighted by atomic mass is 10.1. The highest BCUT2D eigenvalue weighted by Crippen LogP contribution is 2.34. The Morgan fingerprint density at radius 3 is 2.93 bits per heavy atom. The molecule has 3 rings (SSSR count). The Morgan fingerprint density at radius 2 is 2.00 bits per heavy atom. The van der Waals surface area contributed by atoms with Gasteiger partial charge in [0.2, 0.25) is 0 Å². The zero-order valence-electron chi connectivity index (χ0n) is 7.42. The van der Waals surface area contributed by atoms with Gasteiger partial charge in [-0.3, -0.25) is 0 Å². The third-order valence-electron chi connectivity index (χ3n) is 2.51. The SMILES string of the molecule is Brc1ccc2c3c[nH]ccc-3cc2c1. The van der Waals surface area contributed by atoms with Crippen LogP contribution in [0.5, 0.6) is 0 Å². The van der Waals surface area contributed by atoms with Gasteiger partial charge in [0.1, 0.15) is 0 Å². The second-order valence-electron chi connectivity index (χ2n) is 3.39. The third kappa shape index (κ3) is 1.07. The van der Waals surface area contributed by atoms with Crippen LogP contribution in [0.2, 0.25) is 0 Å². The Morgan fingerprint density at radius 1 is 1.07 bits per heavy atom. The molecule has 0 unspecified atom stereocenters. The molecule has 2 heteroatoms. The second kappa shape index (κ2) is 2.85. The van der Waals surface area contributed by atoms with Crippen LogP contribution in [0.25, 0.3) is 21.9 Å². The fourth-order valence-corrected chi connectivity index (χ4v) is 2.25. The summed E-state index contributed by atoms with van der Waals surface area (Å²) in [5.41, 5.74) is 2.58. The lowest BCUT2D eigenvalue weighted by molar-refractivity contribution is 1.34. The number of nitrogens with one attached hydrogen (secondary N) is 1. The van der Waals surface area contributed by atoms with Crippen molar-refractivity contribution in [2.75, 3.05) is 0 Å². The van der Waals surface area contributed by atoms with Gasteiger partial charge in [-0.2, -0.15) is 0 Å². The van der Waals surface area contributed by atoms with Crippen LogP contribution in [0.3, 0.4) is 0 Å². The molecule has 1 aromatic rings. The fourth-order valence-electron chi connectivity index (χ4n) is 1.87. The minimum atomic E-state index is 1.13. The van der Waals surface area contributed by atoms with E-state index in [4.69, 9.17) is 0 Å². The van der Waals surface area contributed by atoms with Crippen molar-refractivity contribution < 1.29 is 0 Å². The number of pyridine rings is 1. The molecular formula is C12H8BrN. The third-order valence-corrected chi connectivity index (χ3v) is 3.01. The van der Waals surface area contributed by atoms with Gasteiger partial charge in [-0.15, -0.1) is 0 Å². The summed E-state index contributed by atoms with van der Waals surface area (Å²) in [7, 11) is 0. The monoisotopic (exact) mass is 245 g/mol. The summed E-state index contributed by atoms with van der Waals surface area (Å²) in [5, 5.41) is 2.59. The van der Waals surface area contributed by atoms with Gasteiger partial charge in [0.25, 0.3) is 0 Å². The van der Waals surface area contributed by atoms with E-state index in [1.54, 1.807) is 0 Å². The maximum atomic E-state index is 3.48. The summed E-state index contributed by atoms with van der Waals surface area (Å²) in [6, 6.07) is 10.7. The maximum Gasteiger partial charge on any atom is 0.0181 e. The van der Waals surface area contributed by atoms with Gasteiger partial charge in [-0.25, -0.2) is 0 Å². The van der Waals surface area contributed by atoms with Crippen LogP contribution in [0, 0.1) is 0 Å². The van der Waals surface area contributed by atoms with E-state index in [0.29, 0.717) is 0 Å². The lowest BCUT2D eigenvalue weighted by Gasteiger charge is -1.97. The number of fused-ring (bicyclic) bond motifs is 3. The number of aromatic nitrogens is 1. The highest BCUT2D eigenvalue weighted by Gasteiger charge is 2.08. The molecule has 1 N–H and O–H groups in total. The standard InChI is InChI=1S/C12H8BrN/c13-10-1-2-11-9(6-10)5-8-3-4-14-7-12(8)11/h1-7,14H. The highest BCUT2D eigenvalue weighted by molar-refractivity contribution is 9.10. The first kappa shape index (κ1) is 8.06. The number of aromatic amines is 1. The molecule has 14 heavy (non-hydrogen) atoms. The predicted molar refractivity (Wildman–Crippen MR) is 62.6 cm³/mol. The average Bonchev–Trinajstić information content (AvgIpc) is 2.54. The van der Waals surface area contributed by atoms with E-state index in [1.807, 2.05) is 12.4 Å². The van der Waals surface area contributed by atoms with Crippen molar-refractivity contribution in [1.82, 2.24) is 4.98 Å². The highest BCUT2D eigenvalue weighted by atomic mass is 79.9. The normalized spacial score (nSPS) is 11.2. The van der Waals surface area contributed by atoms with Crippen molar-refractivity contribution in [1.29, 1.82) is 0 Å². The number of H-pyrrole nitrogens is 1. The van der Waals surface area contributed by atoms with Crippen LogP contribution < -0.4 is 0 Å². The van der Waals surface area contributed by atoms with Crippen LogP contribution in [0.15, 0.2) is 47.2 Å². The topological polar surface area (TPSA) is 15.8 Å². The summed E-state index contributed by atoms with van der Waals surface area (Å²) in [5.74, 6) is 0. The van der Waals surface area contributed by atoms with Crippen LogP contribution >= 0.6 is 15.9 Å². The van der Waals surface area contributed by atoms with Gasteiger partial charge in [0.15, 0.2) is 0 Å². The number of halogens is 1. The van der Waals surface area contributed by atoms with Crippen molar-refractivity contribution >= 4 is 26.7 Å². The van der Waals surface area contributed by atoms with Gasteiger partial charge in [-0.1, -0.05) is 22.0 Å². The molecule has 68 valence electrons. The Kier molecular flexibility index (Phi) is 1.64. The van der Waals surface area contributed by atoms with Gasteiger partial charge in [0, 0.05) is 22.4 Å². The molecule has 0 spiro atoms. The summed E-state index contributed by atoms with van der Waals surface area (Å²) in [6.45, 7) is 0. The van der Waals surface area contributed by atoms with Crippen LogP contribution in [-0.4, -0.2) is 4.98 Å². The molecule has 2 aliphatic rings. The molecule has 0 radical (unpaired) electrons. The first-order valence-corrected chi connectivity index (χ1v) is 5.29. The first-order chi connectivity index (χ1) is 6.84. The van der Waals surface area contributed by atoms with Crippen LogP contribution in [0.4, 0.5) is 0 Å². The van der Waals surface area contributed by atoms with Crippen molar-refractivity contribution in [3.8, 4) is 11.1 Å². The van der Waals surface area contributed by atoms with Gasteiger partial charge >= 0.3 is 0 Å². The summed E-state index contributed by atoms with van der Waals surface area (Å²) >= 11 is 3.48. The van der Waals surface area contributed by atoms with E-state index in [9.17, 15) is 0 Å². The molecule has 0 bridgehead atoms. The zero-order chi connectivity index (χ0) is 9.54. The van der Waals surface area contributed by atoms with Crippen molar-refractivity contribution in [3.63, 3.8) is 0 Å². The molecule has 0 atom stereocenters. The Bertz CT molecular complexity index is 568. The molecule has 0 amide bonds. The average molecular weight is 246 g/mol. The van der Waals surface area contributed by atoms with E-state index >= 15 is 0 Å². The maximum absolute atomic E-state index is 3.48. The molecule has 1 aliphatic carbocycles. The second-order valence-corrected chi connectivity index (χ2v) is 4.30. The Balaban J connectivity index is 2.50. The van der Waals surface area contributed by atoms with E-state index < -0.39 is 0 Å². The van der Waals surface area contributed by atoms with E-state index in [2.05, 4.69) is 51.2 Å². The molecular weight excluding hydrogens is 238 g/mol. The largest absolute Gasteiger partial charge is 0.367 e. The lowest BCUT2D eigenvalue weighted by Crippen LogP contribution is -1.75. The predicted octanol–water partition coefficient (Wildman–Crippen LogP) is 4.04. The summed E-state index contributed by atoms with van der Waals surface area (Å²) < 4.78 is 1.13. The van der Waals surface area contributed by atoms with Crippen molar-refractivity contribution in [2.24, 2.45) is 0 Å². The van der Waals surface area contributed by atoms with Gasteiger partial charge < -0.3 is 4.98 Å². The number of hydrogen-bond acceptors (Lipinski definition) is 0. The van der Waals surface area contributed by atoms with Crippen LogP contribution in [-0.2, 0) is 0 Å². The number of benzene rings is 1. The minimum absolute atomic E-state index is 1.13. The molecule has 1 heterocycles. The molecule has 1 aromatic carbocycles. The summed E-state index contributed by atoms with van der Waals surface area (Å²) in [6.07, 6.45) is 4.00. The van der Waals surface area contributed by atoms with Gasteiger partial charge in [0.05, 0.1) is 0 Å². The molecule has 0 saturated carbocycles. The van der Waals surface area contributed by atoms with E-state index in [-0.39, 0.29) is 0 Å². The molecule has 1 aliphatic heterocycles.